The summed E-state index contributed by atoms with van der Waals surface area (Å²) in [5.41, 5.74) is 0. The fraction of sp³-hybridized carbons (Fsp3) is 1.00. The minimum absolute atomic E-state index is 0.574. The van der Waals surface area contributed by atoms with Crippen LogP contribution in [-0.2, 0) is 4.74 Å². The summed E-state index contributed by atoms with van der Waals surface area (Å²) < 4.78 is 4.83. The van der Waals surface area contributed by atoms with E-state index in [4.69, 9.17) is 4.74 Å². The quantitative estimate of drug-likeness (QED) is 0.0259. The van der Waals surface area contributed by atoms with E-state index >= 15 is 0 Å². The third-order valence-corrected chi connectivity index (χ3v) is 10.8. The number of unbranched alkanes of at least 4 members (excludes halogenated alkanes) is 2. The van der Waals surface area contributed by atoms with Crippen molar-refractivity contribution in [2.75, 3.05) is 145 Å². The topological polar surface area (TPSA) is 178 Å². The summed E-state index contributed by atoms with van der Waals surface area (Å²) >= 11 is 0. The second kappa shape index (κ2) is 93.1. The van der Waals surface area contributed by atoms with Gasteiger partial charge < -0.3 is 79.2 Å². The molecule has 0 saturated heterocycles. The molecule has 0 heterocycles. The van der Waals surface area contributed by atoms with Crippen molar-refractivity contribution in [3.8, 4) is 0 Å². The van der Waals surface area contributed by atoms with Gasteiger partial charge in [0.1, 0.15) is 0 Å². The monoisotopic (exact) mass is 1170 g/mol. The van der Waals surface area contributed by atoms with Crippen LogP contribution in [0.25, 0.3) is 0 Å². The standard InChI is InChI=1S/C13H31N3.C10H24N2.C9H22N2.2C8H20N2.C6H15NO.2C6H15N/c1-4-5-8-14-9-6-10-15-11-7-12-16-13(2)3;1-4-5-7-11-8-6-9-12-10(2)3;1-4-6-10-7-5-8-11-9(2)3;2*1-4-5-9-6-7-10-8(2)3;1-6(2)7-4-5-8-3;2*1-4-5-7-6(2)3/h13-16H,4-12H2,1-3H3;10-12H,4-9H2,1-3H3;9-11H,4-8H2,1-3H3;2*8-10H,4-7H2,1-3H3;6-7H,4-5H2,1-3H3;2*6-7H,4-5H2,1-3H3. The Hall–Kier alpha value is -0.600. The molecule has 0 aromatic heterocycles. The molecule has 81 heavy (non-hydrogen) atoms. The molecule has 0 aliphatic heterocycles. The lowest BCUT2D eigenvalue weighted by molar-refractivity contribution is 0.197. The van der Waals surface area contributed by atoms with Crippen molar-refractivity contribution in [2.45, 2.75) is 291 Å². The van der Waals surface area contributed by atoms with Crippen LogP contribution < -0.4 is 74.4 Å². The highest BCUT2D eigenvalue weighted by Crippen LogP contribution is 1.86. The van der Waals surface area contributed by atoms with Gasteiger partial charge in [-0.05, 0) is 169 Å². The second-order valence-electron chi connectivity index (χ2n) is 23.5. The molecule has 0 saturated carbocycles. The molecule has 0 aliphatic carbocycles. The van der Waals surface area contributed by atoms with Crippen molar-refractivity contribution in [3.63, 3.8) is 0 Å². The Bertz CT molecular complexity index is 919. The number of hydrogen-bond donors (Lipinski definition) is 14. The maximum absolute atomic E-state index is 4.83. The van der Waals surface area contributed by atoms with Gasteiger partial charge in [-0.2, -0.15) is 0 Å². The van der Waals surface area contributed by atoms with E-state index in [9.17, 15) is 0 Å². The molecule has 0 rings (SSSR count). The number of hydrogen-bond acceptors (Lipinski definition) is 15. The SMILES string of the molecule is CCCCNCCCNC(C)C.CCCCNCCCNCCCNC(C)C.CCCNC(C)C.CCCNC(C)C.CCCNCCCNC(C)C.CCCNCCNC(C)C.CCCNCCNC(C)C.COCCNC(C)C. The summed E-state index contributed by atoms with van der Waals surface area (Å²) in [6.07, 6.45) is 16.3. The molecule has 0 aromatic rings. The molecule has 0 aromatic carbocycles. The molecule has 0 radical (unpaired) electrons. The summed E-state index contributed by atoms with van der Waals surface area (Å²) in [6, 6.07) is 4.97. The Morgan fingerprint density at radius 2 is 0.395 bits per heavy atom. The molecule has 502 valence electrons. The molecule has 0 aliphatic rings. The Kier molecular flexibility index (Phi) is 111. The largest absolute Gasteiger partial charge is 0.383 e. The van der Waals surface area contributed by atoms with E-state index in [1.807, 2.05) is 0 Å². The predicted molar refractivity (Wildman–Crippen MR) is 374 cm³/mol. The van der Waals surface area contributed by atoms with Crippen molar-refractivity contribution < 1.29 is 4.74 Å². The lowest BCUT2D eigenvalue weighted by atomic mass is 10.3. The van der Waals surface area contributed by atoms with Crippen molar-refractivity contribution >= 4 is 0 Å². The molecular formula is C66H162N14O. The predicted octanol–water partition coefficient (Wildman–Crippen LogP) is 10.3. The van der Waals surface area contributed by atoms with Crippen LogP contribution in [0.2, 0.25) is 0 Å². The zero-order chi connectivity index (χ0) is 63.3. The summed E-state index contributed by atoms with van der Waals surface area (Å²) in [7, 11) is 1.71. The zero-order valence-corrected chi connectivity index (χ0v) is 60.1. The highest BCUT2D eigenvalue weighted by atomic mass is 16.5. The highest BCUT2D eigenvalue weighted by Gasteiger charge is 1.96. The van der Waals surface area contributed by atoms with Crippen LogP contribution in [0.1, 0.15) is 243 Å². The van der Waals surface area contributed by atoms with Gasteiger partial charge in [0, 0.05) is 88.2 Å². The maximum atomic E-state index is 4.83. The average molecular weight is 1170 g/mol. The van der Waals surface area contributed by atoms with E-state index in [1.54, 1.807) is 7.11 Å². The van der Waals surface area contributed by atoms with Crippen LogP contribution in [-0.4, -0.2) is 193 Å². The zero-order valence-electron chi connectivity index (χ0n) is 60.1. The highest BCUT2D eigenvalue weighted by molar-refractivity contribution is 4.60. The van der Waals surface area contributed by atoms with Gasteiger partial charge in [-0.3, -0.25) is 0 Å². The van der Waals surface area contributed by atoms with Crippen molar-refractivity contribution in [2.24, 2.45) is 0 Å². The molecule has 0 atom stereocenters. The Morgan fingerprint density at radius 1 is 0.198 bits per heavy atom. The Labute approximate surface area is 512 Å². The number of methoxy groups -OCH3 is 1. The van der Waals surface area contributed by atoms with Crippen LogP contribution >= 0.6 is 0 Å². The summed E-state index contributed by atoms with van der Waals surface area (Å²) in [5.74, 6) is 0. The van der Waals surface area contributed by atoms with E-state index in [0.29, 0.717) is 48.3 Å². The van der Waals surface area contributed by atoms with Crippen LogP contribution in [0, 0.1) is 0 Å². The molecule has 15 heteroatoms. The van der Waals surface area contributed by atoms with Crippen LogP contribution in [0.4, 0.5) is 0 Å². The first-order valence-corrected chi connectivity index (χ1v) is 34.3. The molecule has 0 amide bonds. The minimum Gasteiger partial charge on any atom is -0.383 e. The lowest BCUT2D eigenvalue weighted by Crippen LogP contribution is -2.31. The molecule has 0 fully saturated rings. The van der Waals surface area contributed by atoms with E-state index in [-0.39, 0.29) is 0 Å². The molecule has 0 bridgehead atoms. The van der Waals surface area contributed by atoms with Crippen molar-refractivity contribution in [3.05, 3.63) is 0 Å². The van der Waals surface area contributed by atoms with Crippen LogP contribution in [0.15, 0.2) is 0 Å². The van der Waals surface area contributed by atoms with Gasteiger partial charge in [0.25, 0.3) is 0 Å². The normalized spacial score (nSPS) is 10.8. The molecule has 0 spiro atoms. The Morgan fingerprint density at radius 3 is 0.617 bits per heavy atom. The van der Waals surface area contributed by atoms with Crippen LogP contribution in [0.3, 0.4) is 0 Å². The van der Waals surface area contributed by atoms with Gasteiger partial charge in [0.05, 0.1) is 6.61 Å². The molecule has 15 nitrogen and oxygen atoms in total. The summed E-state index contributed by atoms with van der Waals surface area (Å²) in [5, 5.41) is 47.1. The maximum Gasteiger partial charge on any atom is 0.0587 e. The van der Waals surface area contributed by atoms with E-state index in [1.165, 1.54) is 96.6 Å². The third kappa shape index (κ3) is 150. The van der Waals surface area contributed by atoms with Gasteiger partial charge >= 0.3 is 0 Å². The molecular weight excluding hydrogens is 1000 g/mol. The van der Waals surface area contributed by atoms with Crippen LogP contribution in [0.5, 0.6) is 0 Å². The number of rotatable bonds is 49. The van der Waals surface area contributed by atoms with Gasteiger partial charge in [-0.15, -0.1) is 0 Å². The number of nitrogens with one attached hydrogen (secondary N) is 14. The minimum atomic E-state index is 0.574. The van der Waals surface area contributed by atoms with E-state index in [2.05, 4.69) is 234 Å². The Balaban J connectivity index is -0.000000127. The number of ether oxygens (including phenoxy) is 1. The average Bonchev–Trinajstić information content (AvgIpc) is 3.40. The molecule has 14 N–H and O–H groups in total. The van der Waals surface area contributed by atoms with Gasteiger partial charge in [-0.1, -0.05) is 172 Å². The third-order valence-electron chi connectivity index (χ3n) is 10.8. The first kappa shape index (κ1) is 96.7. The fourth-order valence-corrected chi connectivity index (χ4v) is 6.25. The second-order valence-corrected chi connectivity index (χ2v) is 23.5. The van der Waals surface area contributed by atoms with Gasteiger partial charge in [0.2, 0.25) is 0 Å². The smallest absolute Gasteiger partial charge is 0.0587 e. The van der Waals surface area contributed by atoms with Gasteiger partial charge in [-0.25, -0.2) is 0 Å². The fourth-order valence-electron chi connectivity index (χ4n) is 6.25. The lowest BCUT2D eigenvalue weighted by Gasteiger charge is -2.08. The van der Waals surface area contributed by atoms with E-state index in [0.717, 1.165) is 124 Å². The molecule has 0 unspecified atom stereocenters. The van der Waals surface area contributed by atoms with E-state index < -0.39 is 0 Å². The summed E-state index contributed by atoms with van der Waals surface area (Å²) in [6.45, 7) is 73.3. The first-order chi connectivity index (χ1) is 38.7. The van der Waals surface area contributed by atoms with Crippen molar-refractivity contribution in [1.82, 2.24) is 74.4 Å². The summed E-state index contributed by atoms with van der Waals surface area (Å²) in [4.78, 5) is 0. The van der Waals surface area contributed by atoms with Crippen molar-refractivity contribution in [1.29, 1.82) is 0 Å². The van der Waals surface area contributed by atoms with Gasteiger partial charge in [0.15, 0.2) is 0 Å². The first-order valence-electron chi connectivity index (χ1n) is 34.3.